The molecule has 0 radical (unpaired) electrons. The van der Waals surface area contributed by atoms with Crippen molar-refractivity contribution in [1.29, 1.82) is 0 Å². The molecule has 1 aromatic carbocycles. The van der Waals surface area contributed by atoms with E-state index < -0.39 is 0 Å². The largest absolute Gasteiger partial charge is 0.423 e. The summed E-state index contributed by atoms with van der Waals surface area (Å²) in [6.07, 6.45) is 2.24. The fourth-order valence-corrected chi connectivity index (χ4v) is 1.57. The van der Waals surface area contributed by atoms with Crippen LogP contribution in [0.25, 0.3) is 0 Å². The van der Waals surface area contributed by atoms with E-state index in [0.717, 1.165) is 5.56 Å². The fraction of sp³-hybridized carbons (Fsp3) is 0.357. The average Bonchev–Trinajstić information content (AvgIpc) is 3.06. The van der Waals surface area contributed by atoms with E-state index in [4.69, 9.17) is 9.47 Å². The standard InChI is InChI=1S/C14H16O3/c1-4-9(2)14(15)17-12-7-5-11(6-8-12)13-10(3)16-13/h4-8,10,13H,1-3H3/b9-4+/t10-,13+/m1/s1. The van der Waals surface area contributed by atoms with E-state index in [0.29, 0.717) is 17.4 Å². The molecule has 1 saturated heterocycles. The van der Waals surface area contributed by atoms with Crippen molar-refractivity contribution >= 4 is 5.97 Å². The molecule has 3 nitrogen and oxygen atoms in total. The number of hydrogen-bond donors (Lipinski definition) is 0. The number of benzene rings is 1. The number of rotatable bonds is 3. The Kier molecular flexibility index (Phi) is 3.29. The highest BCUT2D eigenvalue weighted by Crippen LogP contribution is 2.38. The minimum absolute atomic E-state index is 0.206. The third kappa shape index (κ3) is 2.74. The Morgan fingerprint density at radius 1 is 1.35 bits per heavy atom. The summed E-state index contributed by atoms with van der Waals surface area (Å²) in [7, 11) is 0. The Bertz CT molecular complexity index is 445. The lowest BCUT2D eigenvalue weighted by Crippen LogP contribution is -2.08. The van der Waals surface area contributed by atoms with E-state index in [1.165, 1.54) is 0 Å². The highest BCUT2D eigenvalue weighted by Gasteiger charge is 2.35. The molecular weight excluding hydrogens is 216 g/mol. The van der Waals surface area contributed by atoms with E-state index in [1.807, 2.05) is 26.0 Å². The Morgan fingerprint density at radius 3 is 2.41 bits per heavy atom. The van der Waals surface area contributed by atoms with Gasteiger partial charge in [0, 0.05) is 5.57 Å². The molecular formula is C14H16O3. The van der Waals surface area contributed by atoms with Gasteiger partial charge in [0.2, 0.25) is 0 Å². The van der Waals surface area contributed by atoms with Gasteiger partial charge in [-0.3, -0.25) is 0 Å². The van der Waals surface area contributed by atoms with Crippen molar-refractivity contribution in [3.05, 3.63) is 41.5 Å². The van der Waals surface area contributed by atoms with Crippen molar-refractivity contribution in [2.24, 2.45) is 0 Å². The minimum Gasteiger partial charge on any atom is -0.423 e. The van der Waals surface area contributed by atoms with Crippen LogP contribution in [0.1, 0.15) is 32.4 Å². The molecule has 0 aromatic heterocycles. The van der Waals surface area contributed by atoms with Gasteiger partial charge in [-0.2, -0.15) is 0 Å². The second-order valence-corrected chi connectivity index (χ2v) is 4.19. The van der Waals surface area contributed by atoms with E-state index in [2.05, 4.69) is 0 Å². The molecule has 2 rings (SSSR count). The molecule has 3 heteroatoms. The highest BCUT2D eigenvalue weighted by atomic mass is 16.6. The molecule has 2 atom stereocenters. The molecule has 0 bridgehead atoms. The molecule has 0 saturated carbocycles. The molecule has 0 spiro atoms. The molecule has 0 amide bonds. The zero-order valence-corrected chi connectivity index (χ0v) is 10.3. The Morgan fingerprint density at radius 2 is 1.94 bits per heavy atom. The first-order chi connectivity index (χ1) is 8.11. The maximum Gasteiger partial charge on any atom is 0.338 e. The summed E-state index contributed by atoms with van der Waals surface area (Å²) in [5, 5.41) is 0. The molecule has 1 fully saturated rings. The summed E-state index contributed by atoms with van der Waals surface area (Å²) in [6, 6.07) is 7.46. The first-order valence-electron chi connectivity index (χ1n) is 5.72. The summed E-state index contributed by atoms with van der Waals surface area (Å²) < 4.78 is 10.6. The summed E-state index contributed by atoms with van der Waals surface area (Å²) in [5.74, 6) is 0.254. The lowest BCUT2D eigenvalue weighted by Gasteiger charge is -2.04. The second-order valence-electron chi connectivity index (χ2n) is 4.19. The van der Waals surface area contributed by atoms with Crippen LogP contribution in [-0.4, -0.2) is 12.1 Å². The van der Waals surface area contributed by atoms with Crippen LogP contribution < -0.4 is 4.74 Å². The fourth-order valence-electron chi connectivity index (χ4n) is 1.57. The first kappa shape index (κ1) is 11.9. The van der Waals surface area contributed by atoms with Gasteiger partial charge in [-0.25, -0.2) is 4.79 Å². The molecule has 0 N–H and O–H groups in total. The number of allylic oxidation sites excluding steroid dienone is 1. The number of epoxide rings is 1. The molecule has 0 aliphatic carbocycles. The summed E-state index contributed by atoms with van der Waals surface area (Å²) in [5.41, 5.74) is 1.73. The van der Waals surface area contributed by atoms with Crippen molar-refractivity contribution in [2.75, 3.05) is 0 Å². The predicted octanol–water partition coefficient (Wildman–Crippen LogP) is 3.02. The van der Waals surface area contributed by atoms with Crippen molar-refractivity contribution in [3.8, 4) is 5.75 Å². The maximum atomic E-state index is 11.5. The van der Waals surface area contributed by atoms with Crippen LogP contribution in [0.15, 0.2) is 35.9 Å². The smallest absolute Gasteiger partial charge is 0.338 e. The van der Waals surface area contributed by atoms with E-state index in [-0.39, 0.29) is 12.1 Å². The van der Waals surface area contributed by atoms with Crippen LogP contribution in [0.2, 0.25) is 0 Å². The molecule has 1 heterocycles. The third-order valence-electron chi connectivity index (χ3n) is 2.89. The number of ether oxygens (including phenoxy) is 2. The van der Waals surface area contributed by atoms with E-state index >= 15 is 0 Å². The zero-order chi connectivity index (χ0) is 12.4. The first-order valence-corrected chi connectivity index (χ1v) is 5.72. The van der Waals surface area contributed by atoms with Crippen LogP contribution in [0.4, 0.5) is 0 Å². The van der Waals surface area contributed by atoms with Crippen LogP contribution in [-0.2, 0) is 9.53 Å². The average molecular weight is 232 g/mol. The van der Waals surface area contributed by atoms with Gasteiger partial charge in [-0.05, 0) is 38.5 Å². The van der Waals surface area contributed by atoms with Crippen molar-refractivity contribution in [1.82, 2.24) is 0 Å². The SMILES string of the molecule is C/C=C(\C)C(=O)Oc1ccc([C@H]2O[C@@H]2C)cc1. The van der Waals surface area contributed by atoms with Crippen molar-refractivity contribution in [2.45, 2.75) is 33.0 Å². The topological polar surface area (TPSA) is 38.8 Å². The van der Waals surface area contributed by atoms with Gasteiger partial charge in [0.1, 0.15) is 11.9 Å². The summed E-state index contributed by atoms with van der Waals surface area (Å²) in [4.78, 5) is 11.5. The summed E-state index contributed by atoms with van der Waals surface area (Å²) in [6.45, 7) is 5.58. The van der Waals surface area contributed by atoms with Gasteiger partial charge in [0.15, 0.2) is 0 Å². The predicted molar refractivity (Wildman–Crippen MR) is 64.8 cm³/mol. The molecule has 1 aliphatic rings. The van der Waals surface area contributed by atoms with Gasteiger partial charge in [0.05, 0.1) is 6.10 Å². The Hall–Kier alpha value is -1.61. The molecule has 1 aliphatic heterocycles. The van der Waals surface area contributed by atoms with Crippen molar-refractivity contribution < 1.29 is 14.3 Å². The number of esters is 1. The van der Waals surface area contributed by atoms with Gasteiger partial charge in [-0.15, -0.1) is 0 Å². The second kappa shape index (κ2) is 4.72. The van der Waals surface area contributed by atoms with E-state index in [1.54, 1.807) is 25.1 Å². The van der Waals surface area contributed by atoms with Crippen LogP contribution in [0.5, 0.6) is 5.75 Å². The third-order valence-corrected chi connectivity index (χ3v) is 2.89. The molecule has 0 unspecified atom stereocenters. The Balaban J connectivity index is 2.01. The van der Waals surface area contributed by atoms with Gasteiger partial charge >= 0.3 is 5.97 Å². The number of carbonyl (C=O) groups is 1. The number of hydrogen-bond acceptors (Lipinski definition) is 3. The maximum absolute atomic E-state index is 11.5. The monoisotopic (exact) mass is 232 g/mol. The van der Waals surface area contributed by atoms with Crippen LogP contribution in [0, 0.1) is 0 Å². The van der Waals surface area contributed by atoms with E-state index in [9.17, 15) is 4.79 Å². The Labute approximate surface area is 101 Å². The lowest BCUT2D eigenvalue weighted by molar-refractivity contribution is -0.130. The van der Waals surface area contributed by atoms with Gasteiger partial charge < -0.3 is 9.47 Å². The van der Waals surface area contributed by atoms with Gasteiger partial charge in [0.25, 0.3) is 0 Å². The minimum atomic E-state index is -0.309. The zero-order valence-electron chi connectivity index (χ0n) is 10.3. The van der Waals surface area contributed by atoms with Gasteiger partial charge in [-0.1, -0.05) is 18.2 Å². The quantitative estimate of drug-likeness (QED) is 0.348. The van der Waals surface area contributed by atoms with Crippen LogP contribution in [0.3, 0.4) is 0 Å². The molecule has 1 aromatic rings. The molecule has 90 valence electrons. The lowest BCUT2D eigenvalue weighted by atomic mass is 10.1. The summed E-state index contributed by atoms with van der Waals surface area (Å²) >= 11 is 0. The highest BCUT2D eigenvalue weighted by molar-refractivity contribution is 5.89. The van der Waals surface area contributed by atoms with Crippen molar-refractivity contribution in [3.63, 3.8) is 0 Å². The normalized spacial score (nSPS) is 23.4. The number of carbonyl (C=O) groups excluding carboxylic acids is 1. The molecule has 17 heavy (non-hydrogen) atoms. The van der Waals surface area contributed by atoms with Crippen LogP contribution >= 0.6 is 0 Å².